The van der Waals surface area contributed by atoms with Crippen molar-refractivity contribution in [2.45, 2.75) is 33.2 Å². The molecule has 2 N–H and O–H groups in total. The van der Waals surface area contributed by atoms with Gasteiger partial charge in [-0.25, -0.2) is 0 Å². The van der Waals surface area contributed by atoms with E-state index in [0.29, 0.717) is 24.2 Å². The topological polar surface area (TPSA) is 113 Å². The zero-order chi connectivity index (χ0) is 17.6. The highest BCUT2D eigenvalue weighted by Gasteiger charge is 2.24. The first-order valence-electron chi connectivity index (χ1n) is 7.28. The lowest BCUT2D eigenvalue weighted by Gasteiger charge is -2.26. The Morgan fingerprint density at radius 1 is 1.43 bits per heavy atom. The Hall–Kier alpha value is -2.48. The molecule has 8 nitrogen and oxygen atoms in total. The van der Waals surface area contributed by atoms with Crippen LogP contribution in [0.4, 0.5) is 11.4 Å². The fraction of sp³-hybridized carbons (Fsp3) is 0.467. The molecule has 1 rings (SSSR count). The highest BCUT2D eigenvalue weighted by molar-refractivity contribution is 5.95. The van der Waals surface area contributed by atoms with Crippen LogP contribution in [0.25, 0.3) is 0 Å². The minimum atomic E-state index is -1.01. The third kappa shape index (κ3) is 5.03. The molecule has 1 aromatic rings. The smallest absolute Gasteiger partial charge is 0.317 e. The number of nitro benzene ring substituents is 1. The van der Waals surface area contributed by atoms with E-state index in [2.05, 4.69) is 5.32 Å². The molecule has 8 heteroatoms. The number of rotatable bonds is 8. The van der Waals surface area contributed by atoms with Gasteiger partial charge in [0.05, 0.1) is 28.8 Å². The van der Waals surface area contributed by atoms with Gasteiger partial charge >= 0.3 is 5.97 Å². The SMILES string of the molecule is CCCN(CC(=O)O)C(C)C(=O)Nc1cccc([N+](=O)[O-])c1C. The number of aliphatic carboxylic acids is 1. The van der Waals surface area contributed by atoms with Crippen molar-refractivity contribution in [2.24, 2.45) is 0 Å². The van der Waals surface area contributed by atoms with E-state index < -0.39 is 22.8 Å². The van der Waals surface area contributed by atoms with Crippen LogP contribution in [-0.4, -0.2) is 45.9 Å². The van der Waals surface area contributed by atoms with E-state index in [1.807, 2.05) is 6.92 Å². The number of nitrogens with zero attached hydrogens (tertiary/aromatic N) is 2. The van der Waals surface area contributed by atoms with Crippen molar-refractivity contribution >= 4 is 23.3 Å². The fourth-order valence-electron chi connectivity index (χ4n) is 2.23. The Morgan fingerprint density at radius 3 is 2.61 bits per heavy atom. The summed E-state index contributed by atoms with van der Waals surface area (Å²) in [5, 5.41) is 22.5. The van der Waals surface area contributed by atoms with Crippen LogP contribution in [0.2, 0.25) is 0 Å². The molecule has 0 aliphatic heterocycles. The van der Waals surface area contributed by atoms with Crippen LogP contribution in [0.15, 0.2) is 18.2 Å². The van der Waals surface area contributed by atoms with Crippen molar-refractivity contribution in [1.82, 2.24) is 4.90 Å². The van der Waals surface area contributed by atoms with Crippen LogP contribution < -0.4 is 5.32 Å². The summed E-state index contributed by atoms with van der Waals surface area (Å²) >= 11 is 0. The van der Waals surface area contributed by atoms with Gasteiger partial charge < -0.3 is 10.4 Å². The van der Waals surface area contributed by atoms with Crippen LogP contribution >= 0.6 is 0 Å². The molecule has 0 radical (unpaired) electrons. The third-order valence-corrected chi connectivity index (χ3v) is 3.54. The maximum absolute atomic E-state index is 12.3. The standard InChI is InChI=1S/C15H21N3O5/c1-4-8-17(9-14(19)20)11(3)15(21)16-12-6-5-7-13(10(12)2)18(22)23/h5-7,11H,4,8-9H2,1-3H3,(H,16,21)(H,19,20). The number of carboxylic acids is 1. The highest BCUT2D eigenvalue weighted by Crippen LogP contribution is 2.25. The van der Waals surface area contributed by atoms with Gasteiger partial charge in [-0.05, 0) is 32.9 Å². The summed E-state index contributed by atoms with van der Waals surface area (Å²) in [4.78, 5) is 35.2. The molecule has 0 saturated carbocycles. The first-order valence-corrected chi connectivity index (χ1v) is 7.28. The van der Waals surface area contributed by atoms with E-state index in [-0.39, 0.29) is 12.2 Å². The van der Waals surface area contributed by atoms with Crippen molar-refractivity contribution < 1.29 is 19.6 Å². The van der Waals surface area contributed by atoms with Gasteiger partial charge in [-0.2, -0.15) is 0 Å². The lowest BCUT2D eigenvalue weighted by molar-refractivity contribution is -0.385. The van der Waals surface area contributed by atoms with Crippen LogP contribution in [-0.2, 0) is 9.59 Å². The number of nitrogens with one attached hydrogen (secondary N) is 1. The maximum atomic E-state index is 12.3. The summed E-state index contributed by atoms with van der Waals surface area (Å²) in [7, 11) is 0. The molecule has 0 fully saturated rings. The first kappa shape index (κ1) is 18.6. The number of carbonyl (C=O) groups excluding carboxylic acids is 1. The Labute approximate surface area is 134 Å². The first-order chi connectivity index (χ1) is 10.8. The molecule has 1 aromatic carbocycles. The summed E-state index contributed by atoms with van der Waals surface area (Å²) < 4.78 is 0. The van der Waals surface area contributed by atoms with E-state index >= 15 is 0 Å². The van der Waals surface area contributed by atoms with E-state index in [9.17, 15) is 19.7 Å². The molecule has 0 aliphatic carbocycles. The predicted molar refractivity (Wildman–Crippen MR) is 85.4 cm³/mol. The molecule has 23 heavy (non-hydrogen) atoms. The van der Waals surface area contributed by atoms with Crippen LogP contribution in [0.3, 0.4) is 0 Å². The fourth-order valence-corrected chi connectivity index (χ4v) is 2.23. The molecule has 0 aromatic heterocycles. The van der Waals surface area contributed by atoms with Crippen molar-refractivity contribution in [3.8, 4) is 0 Å². The summed E-state index contributed by atoms with van der Waals surface area (Å²) in [5.41, 5.74) is 0.632. The molecule has 1 atom stereocenters. The van der Waals surface area contributed by atoms with Crippen LogP contribution in [0.1, 0.15) is 25.8 Å². The number of carbonyl (C=O) groups is 2. The Kier molecular flexibility index (Phi) is 6.65. The van der Waals surface area contributed by atoms with Gasteiger partial charge in [0.2, 0.25) is 5.91 Å². The Bertz CT molecular complexity index is 603. The van der Waals surface area contributed by atoms with Gasteiger partial charge in [0.1, 0.15) is 0 Å². The number of nitro groups is 1. The lowest BCUT2D eigenvalue weighted by atomic mass is 10.1. The second-order valence-electron chi connectivity index (χ2n) is 5.24. The molecule has 1 unspecified atom stereocenters. The van der Waals surface area contributed by atoms with Gasteiger partial charge in [-0.1, -0.05) is 13.0 Å². The van der Waals surface area contributed by atoms with Crippen LogP contribution in [0, 0.1) is 17.0 Å². The normalized spacial score (nSPS) is 12.0. The molecule has 0 heterocycles. The molecule has 126 valence electrons. The van der Waals surface area contributed by atoms with Crippen LogP contribution in [0.5, 0.6) is 0 Å². The van der Waals surface area contributed by atoms with E-state index in [0.717, 1.165) is 0 Å². The lowest BCUT2D eigenvalue weighted by Crippen LogP contribution is -2.45. The van der Waals surface area contributed by atoms with E-state index in [1.165, 1.54) is 12.1 Å². The van der Waals surface area contributed by atoms with Crippen molar-refractivity contribution in [1.29, 1.82) is 0 Å². The van der Waals surface area contributed by atoms with Gasteiger partial charge in [0, 0.05) is 6.07 Å². The highest BCUT2D eigenvalue weighted by atomic mass is 16.6. The summed E-state index contributed by atoms with van der Waals surface area (Å²) in [6.07, 6.45) is 0.709. The summed E-state index contributed by atoms with van der Waals surface area (Å²) in [6, 6.07) is 3.77. The average Bonchev–Trinajstić information content (AvgIpc) is 2.47. The van der Waals surface area contributed by atoms with E-state index in [4.69, 9.17) is 5.11 Å². The van der Waals surface area contributed by atoms with Gasteiger partial charge in [0.25, 0.3) is 5.69 Å². The largest absolute Gasteiger partial charge is 0.480 e. The second-order valence-corrected chi connectivity index (χ2v) is 5.24. The van der Waals surface area contributed by atoms with Crippen molar-refractivity contribution in [3.63, 3.8) is 0 Å². The average molecular weight is 323 g/mol. The molecular weight excluding hydrogens is 302 g/mol. The molecule has 1 amide bonds. The van der Waals surface area contributed by atoms with Gasteiger partial charge in [-0.15, -0.1) is 0 Å². The van der Waals surface area contributed by atoms with Gasteiger partial charge in [0.15, 0.2) is 0 Å². The maximum Gasteiger partial charge on any atom is 0.317 e. The quantitative estimate of drug-likeness (QED) is 0.559. The van der Waals surface area contributed by atoms with E-state index in [1.54, 1.807) is 24.8 Å². The zero-order valence-corrected chi connectivity index (χ0v) is 13.4. The minimum absolute atomic E-state index is 0.0774. The Balaban J connectivity index is 2.91. The number of amides is 1. The predicted octanol–water partition coefficient (Wildman–Crippen LogP) is 2.03. The number of carboxylic acid groups (broad SMARTS) is 1. The number of hydrogen-bond donors (Lipinski definition) is 2. The Morgan fingerprint density at radius 2 is 2.09 bits per heavy atom. The number of benzene rings is 1. The zero-order valence-electron chi connectivity index (χ0n) is 13.4. The van der Waals surface area contributed by atoms with Crippen molar-refractivity contribution in [3.05, 3.63) is 33.9 Å². The van der Waals surface area contributed by atoms with Gasteiger partial charge in [-0.3, -0.25) is 24.6 Å². The summed E-state index contributed by atoms with van der Waals surface area (Å²) in [5.74, 6) is -1.41. The number of anilines is 1. The number of hydrogen-bond acceptors (Lipinski definition) is 5. The van der Waals surface area contributed by atoms with Crippen molar-refractivity contribution in [2.75, 3.05) is 18.4 Å². The molecular formula is C15H21N3O5. The molecule has 0 aliphatic rings. The third-order valence-electron chi connectivity index (χ3n) is 3.54. The molecule has 0 saturated heterocycles. The minimum Gasteiger partial charge on any atom is -0.480 e. The molecule has 0 bridgehead atoms. The summed E-state index contributed by atoms with van der Waals surface area (Å²) in [6.45, 7) is 5.29. The monoisotopic (exact) mass is 323 g/mol. The molecule has 0 spiro atoms. The second kappa shape index (κ2) is 8.23.